The van der Waals surface area contributed by atoms with Crippen molar-refractivity contribution in [2.45, 2.75) is 25.5 Å². The average molecular weight is 328 g/mol. The van der Waals surface area contributed by atoms with E-state index in [1.807, 2.05) is 0 Å². The van der Waals surface area contributed by atoms with E-state index in [1.54, 1.807) is 13.8 Å². The standard InChI is InChI=1S/C12H28O8Si/c1-11(2)21(15,16)20-8-6-18-10-12(9-14)19-7-5-17-4-3-13/h11-16H,3-10H2,1-2H3. The summed E-state index contributed by atoms with van der Waals surface area (Å²) < 4.78 is 20.6. The summed E-state index contributed by atoms with van der Waals surface area (Å²) >= 11 is 0. The molecule has 9 heteroatoms. The molecule has 0 aliphatic carbocycles. The van der Waals surface area contributed by atoms with Crippen molar-refractivity contribution in [3.63, 3.8) is 0 Å². The summed E-state index contributed by atoms with van der Waals surface area (Å²) in [7, 11) is -3.60. The number of hydrogen-bond donors (Lipinski definition) is 4. The average Bonchev–Trinajstić information content (AvgIpc) is 2.44. The van der Waals surface area contributed by atoms with Crippen LogP contribution in [0.2, 0.25) is 5.54 Å². The molecular weight excluding hydrogens is 300 g/mol. The van der Waals surface area contributed by atoms with Gasteiger partial charge in [0.05, 0.1) is 52.9 Å². The van der Waals surface area contributed by atoms with Crippen molar-refractivity contribution in [1.82, 2.24) is 0 Å². The SMILES string of the molecule is CC(C)[Si](O)(O)OCCOCC(CO)OCCOCCO. The largest absolute Gasteiger partial charge is 0.498 e. The molecule has 0 aliphatic heterocycles. The van der Waals surface area contributed by atoms with Gasteiger partial charge in [-0.1, -0.05) is 13.8 Å². The zero-order valence-corrected chi connectivity index (χ0v) is 13.7. The third-order valence-corrected chi connectivity index (χ3v) is 4.75. The third kappa shape index (κ3) is 11.2. The molecule has 0 heterocycles. The Morgan fingerprint density at radius 2 is 1.57 bits per heavy atom. The van der Waals surface area contributed by atoms with Gasteiger partial charge in [0.25, 0.3) is 0 Å². The van der Waals surface area contributed by atoms with E-state index in [2.05, 4.69) is 0 Å². The normalized spacial score (nSPS) is 13.9. The fourth-order valence-corrected chi connectivity index (χ4v) is 1.94. The lowest BCUT2D eigenvalue weighted by molar-refractivity contribution is -0.0648. The molecule has 21 heavy (non-hydrogen) atoms. The van der Waals surface area contributed by atoms with Crippen LogP contribution in [-0.2, 0) is 18.6 Å². The Labute approximate surface area is 126 Å². The predicted molar refractivity (Wildman–Crippen MR) is 76.8 cm³/mol. The highest BCUT2D eigenvalue weighted by molar-refractivity contribution is 6.59. The number of aliphatic hydroxyl groups excluding tert-OH is 2. The van der Waals surface area contributed by atoms with Gasteiger partial charge in [0.15, 0.2) is 0 Å². The van der Waals surface area contributed by atoms with E-state index < -0.39 is 14.9 Å². The van der Waals surface area contributed by atoms with E-state index in [0.29, 0.717) is 13.2 Å². The Bertz CT molecular complexity index is 239. The first-order valence-corrected chi connectivity index (χ1v) is 8.89. The Hall–Kier alpha value is -0.103. The van der Waals surface area contributed by atoms with Gasteiger partial charge in [-0.3, -0.25) is 0 Å². The second-order valence-corrected chi connectivity index (χ2v) is 7.51. The molecule has 0 spiro atoms. The summed E-state index contributed by atoms with van der Waals surface area (Å²) in [5.74, 6) is 0. The van der Waals surface area contributed by atoms with Gasteiger partial charge in [0, 0.05) is 5.54 Å². The maximum atomic E-state index is 9.55. The highest BCUT2D eigenvalue weighted by atomic mass is 28.4. The molecule has 128 valence electrons. The minimum absolute atomic E-state index is 0.0383. The molecule has 0 bridgehead atoms. The molecule has 0 rings (SSSR count). The molecule has 0 aromatic heterocycles. The van der Waals surface area contributed by atoms with E-state index in [1.165, 1.54) is 0 Å². The lowest BCUT2D eigenvalue weighted by Crippen LogP contribution is -2.43. The van der Waals surface area contributed by atoms with Crippen LogP contribution in [0.1, 0.15) is 13.8 Å². The number of ether oxygens (including phenoxy) is 3. The molecule has 1 unspecified atom stereocenters. The fourth-order valence-electron chi connectivity index (χ4n) is 1.23. The van der Waals surface area contributed by atoms with Crippen LogP contribution in [0.25, 0.3) is 0 Å². The maximum absolute atomic E-state index is 9.55. The highest BCUT2D eigenvalue weighted by Crippen LogP contribution is 2.14. The molecule has 0 amide bonds. The number of rotatable bonds is 14. The number of hydrogen-bond acceptors (Lipinski definition) is 8. The van der Waals surface area contributed by atoms with Gasteiger partial charge in [0.2, 0.25) is 0 Å². The molecule has 1 atom stereocenters. The van der Waals surface area contributed by atoms with Crippen molar-refractivity contribution in [3.8, 4) is 0 Å². The van der Waals surface area contributed by atoms with Crippen LogP contribution in [0.3, 0.4) is 0 Å². The lowest BCUT2D eigenvalue weighted by atomic mass is 10.4. The Kier molecular flexibility index (Phi) is 12.4. The summed E-state index contributed by atoms with van der Waals surface area (Å²) in [5.41, 5.74) is -0.315. The minimum Gasteiger partial charge on any atom is -0.394 e. The van der Waals surface area contributed by atoms with Crippen LogP contribution in [-0.4, -0.2) is 87.6 Å². The van der Waals surface area contributed by atoms with Crippen LogP contribution < -0.4 is 0 Å². The Balaban J connectivity index is 3.59. The van der Waals surface area contributed by atoms with Crippen LogP contribution in [0.15, 0.2) is 0 Å². The van der Waals surface area contributed by atoms with Crippen LogP contribution in [0.4, 0.5) is 0 Å². The first-order chi connectivity index (χ1) is 9.94. The van der Waals surface area contributed by atoms with E-state index >= 15 is 0 Å². The quantitative estimate of drug-likeness (QED) is 0.230. The summed E-state index contributed by atoms with van der Waals surface area (Å²) in [4.78, 5) is 19.1. The molecular formula is C12H28O8Si. The Morgan fingerprint density at radius 1 is 0.905 bits per heavy atom. The van der Waals surface area contributed by atoms with Crippen LogP contribution in [0, 0.1) is 0 Å². The van der Waals surface area contributed by atoms with Gasteiger partial charge in [-0.25, -0.2) is 0 Å². The fraction of sp³-hybridized carbons (Fsp3) is 1.00. The van der Waals surface area contributed by atoms with E-state index in [4.69, 9.17) is 28.8 Å². The Morgan fingerprint density at radius 3 is 2.14 bits per heavy atom. The van der Waals surface area contributed by atoms with Crippen LogP contribution in [0.5, 0.6) is 0 Å². The molecule has 0 saturated heterocycles. The van der Waals surface area contributed by atoms with E-state index in [0.717, 1.165) is 0 Å². The molecule has 0 fully saturated rings. The zero-order chi connectivity index (χ0) is 16.1. The van der Waals surface area contributed by atoms with Gasteiger partial charge in [-0.05, 0) is 0 Å². The number of aliphatic hydroxyl groups is 2. The van der Waals surface area contributed by atoms with E-state index in [9.17, 15) is 9.59 Å². The molecule has 4 N–H and O–H groups in total. The van der Waals surface area contributed by atoms with E-state index in [-0.39, 0.29) is 45.2 Å². The van der Waals surface area contributed by atoms with Gasteiger partial charge in [-0.2, -0.15) is 0 Å². The lowest BCUT2D eigenvalue weighted by Gasteiger charge is -2.21. The molecule has 0 aromatic carbocycles. The third-order valence-electron chi connectivity index (χ3n) is 2.62. The molecule has 0 saturated carbocycles. The molecule has 0 radical (unpaired) electrons. The summed E-state index contributed by atoms with van der Waals surface area (Å²) in [6.45, 7) is 4.45. The smallest absolute Gasteiger partial charge is 0.394 e. The van der Waals surface area contributed by atoms with Crippen LogP contribution >= 0.6 is 0 Å². The first-order valence-electron chi connectivity index (χ1n) is 7.01. The van der Waals surface area contributed by atoms with Gasteiger partial charge >= 0.3 is 8.80 Å². The molecule has 0 aliphatic rings. The first kappa shape index (κ1) is 20.9. The van der Waals surface area contributed by atoms with Crippen molar-refractivity contribution in [1.29, 1.82) is 0 Å². The second kappa shape index (κ2) is 12.4. The minimum atomic E-state index is -3.60. The van der Waals surface area contributed by atoms with Gasteiger partial charge in [-0.15, -0.1) is 0 Å². The summed E-state index contributed by atoms with van der Waals surface area (Å²) in [6, 6.07) is 0. The highest BCUT2D eigenvalue weighted by Gasteiger charge is 2.36. The zero-order valence-electron chi connectivity index (χ0n) is 12.7. The summed E-state index contributed by atoms with van der Waals surface area (Å²) in [6.07, 6.45) is -0.474. The molecule has 0 aromatic rings. The van der Waals surface area contributed by atoms with Crippen molar-refractivity contribution < 1.29 is 38.4 Å². The summed E-state index contributed by atoms with van der Waals surface area (Å²) in [5, 5.41) is 17.6. The van der Waals surface area contributed by atoms with Crippen molar-refractivity contribution >= 4 is 8.80 Å². The topological polar surface area (TPSA) is 118 Å². The molecule has 8 nitrogen and oxygen atoms in total. The van der Waals surface area contributed by atoms with Crippen molar-refractivity contribution in [2.75, 3.05) is 52.9 Å². The van der Waals surface area contributed by atoms with Gasteiger partial charge < -0.3 is 38.4 Å². The maximum Gasteiger partial charge on any atom is 0.498 e. The van der Waals surface area contributed by atoms with Crippen molar-refractivity contribution in [3.05, 3.63) is 0 Å². The monoisotopic (exact) mass is 328 g/mol. The van der Waals surface area contributed by atoms with Gasteiger partial charge in [0.1, 0.15) is 6.10 Å². The predicted octanol–water partition coefficient (Wildman–Crippen LogP) is -1.26. The second-order valence-electron chi connectivity index (χ2n) is 4.75. The van der Waals surface area contributed by atoms with Crippen molar-refractivity contribution in [2.24, 2.45) is 0 Å².